The van der Waals surface area contributed by atoms with E-state index < -0.39 is 11.0 Å². The molecule has 0 radical (unpaired) electrons. The maximum Gasteiger partial charge on any atom is 0.269 e. The molecular weight excluding hydrogens is 330 g/mol. The largest absolute Gasteiger partial charge is 0.490 e. The fourth-order valence-corrected chi connectivity index (χ4v) is 3.13. The van der Waals surface area contributed by atoms with Crippen molar-refractivity contribution in [2.75, 3.05) is 25.1 Å². The number of piperidine rings is 1. The second-order valence-corrected chi connectivity index (χ2v) is 6.77. The third-order valence-corrected chi connectivity index (χ3v) is 4.70. The number of nitrogens with two attached hydrogens (primary N) is 1. The molecule has 1 aromatic carbocycles. The molecule has 0 aliphatic carbocycles. The molecule has 1 heterocycles. The van der Waals surface area contributed by atoms with Crippen LogP contribution in [0.15, 0.2) is 24.3 Å². The van der Waals surface area contributed by atoms with E-state index in [4.69, 9.17) is 10.5 Å². The molecule has 132 valence electrons. The minimum Gasteiger partial charge on any atom is -0.490 e. The minimum absolute atomic E-state index is 0.0119. The number of benzene rings is 1. The van der Waals surface area contributed by atoms with E-state index in [1.807, 2.05) is 6.26 Å². The first-order valence-electron chi connectivity index (χ1n) is 7.95. The van der Waals surface area contributed by atoms with Gasteiger partial charge in [0.25, 0.3) is 5.69 Å². The third kappa shape index (κ3) is 5.10. The highest BCUT2D eigenvalue weighted by molar-refractivity contribution is 7.98. The molecule has 1 aromatic rings. The van der Waals surface area contributed by atoms with Gasteiger partial charge in [0.1, 0.15) is 11.9 Å². The van der Waals surface area contributed by atoms with Crippen molar-refractivity contribution in [3.63, 3.8) is 0 Å². The van der Waals surface area contributed by atoms with Gasteiger partial charge in [-0.2, -0.15) is 11.8 Å². The van der Waals surface area contributed by atoms with Crippen LogP contribution in [0.3, 0.4) is 0 Å². The number of hydrogen-bond donors (Lipinski definition) is 1. The summed E-state index contributed by atoms with van der Waals surface area (Å²) >= 11 is 1.69. The summed E-state index contributed by atoms with van der Waals surface area (Å²) in [6, 6.07) is 5.64. The van der Waals surface area contributed by atoms with E-state index in [0.29, 0.717) is 25.3 Å². The molecule has 0 saturated carbocycles. The Morgan fingerprint density at radius 1 is 1.42 bits per heavy atom. The number of non-ortho nitro benzene ring substituents is 1. The van der Waals surface area contributed by atoms with E-state index in [0.717, 1.165) is 18.6 Å². The Kier molecular flexibility index (Phi) is 6.86. The average molecular weight is 353 g/mol. The lowest BCUT2D eigenvalue weighted by atomic mass is 10.1. The van der Waals surface area contributed by atoms with Crippen molar-refractivity contribution in [1.82, 2.24) is 4.90 Å². The zero-order valence-corrected chi connectivity index (χ0v) is 14.5. The van der Waals surface area contributed by atoms with Crippen LogP contribution in [0.5, 0.6) is 5.75 Å². The van der Waals surface area contributed by atoms with Crippen molar-refractivity contribution in [3.8, 4) is 5.75 Å². The Morgan fingerprint density at radius 2 is 2.04 bits per heavy atom. The number of carbonyl (C=O) groups excluding carboxylic acids is 1. The molecule has 1 atom stereocenters. The zero-order valence-electron chi connectivity index (χ0n) is 13.7. The predicted molar refractivity (Wildman–Crippen MR) is 94.3 cm³/mol. The highest BCUT2D eigenvalue weighted by Crippen LogP contribution is 2.22. The van der Waals surface area contributed by atoms with Crippen LogP contribution in [0.25, 0.3) is 0 Å². The summed E-state index contributed by atoms with van der Waals surface area (Å²) in [6.07, 6.45) is 4.17. The summed E-state index contributed by atoms with van der Waals surface area (Å²) in [5.74, 6) is 1.51. The Hall–Kier alpha value is -1.80. The Bertz CT molecular complexity index is 559. The van der Waals surface area contributed by atoms with Gasteiger partial charge in [-0.05, 0) is 30.6 Å². The van der Waals surface area contributed by atoms with Crippen molar-refractivity contribution in [2.45, 2.75) is 31.4 Å². The molecule has 1 aliphatic rings. The molecule has 0 spiro atoms. The molecule has 1 aliphatic heterocycles. The Balaban J connectivity index is 1.80. The van der Waals surface area contributed by atoms with Crippen LogP contribution in [0, 0.1) is 10.1 Å². The van der Waals surface area contributed by atoms with Crippen LogP contribution < -0.4 is 10.5 Å². The van der Waals surface area contributed by atoms with E-state index in [-0.39, 0.29) is 17.7 Å². The van der Waals surface area contributed by atoms with Crippen molar-refractivity contribution in [2.24, 2.45) is 5.73 Å². The van der Waals surface area contributed by atoms with Gasteiger partial charge in [0.15, 0.2) is 0 Å². The highest BCUT2D eigenvalue weighted by Gasteiger charge is 2.27. The standard InChI is InChI=1S/C16H23N3O4S/c1-24-11-8-15(17)16(20)18-9-6-14(7-10-18)23-13-4-2-12(3-5-13)19(21)22/h2-5,14-15H,6-11,17H2,1H3/t15-/m0/s1. The van der Waals surface area contributed by atoms with E-state index >= 15 is 0 Å². The number of nitrogens with zero attached hydrogens (tertiary/aromatic N) is 2. The lowest BCUT2D eigenvalue weighted by Crippen LogP contribution is -2.48. The minimum atomic E-state index is -0.436. The first-order chi connectivity index (χ1) is 11.5. The molecule has 24 heavy (non-hydrogen) atoms. The molecular formula is C16H23N3O4S. The number of carbonyl (C=O) groups is 1. The molecule has 2 rings (SSSR count). The molecule has 0 aromatic heterocycles. The fraction of sp³-hybridized carbons (Fsp3) is 0.562. The van der Waals surface area contributed by atoms with E-state index in [1.165, 1.54) is 12.1 Å². The van der Waals surface area contributed by atoms with Gasteiger partial charge in [0, 0.05) is 38.1 Å². The summed E-state index contributed by atoms with van der Waals surface area (Å²) in [7, 11) is 0. The van der Waals surface area contributed by atoms with Gasteiger partial charge in [0.05, 0.1) is 11.0 Å². The molecule has 1 amide bonds. The quantitative estimate of drug-likeness (QED) is 0.595. The average Bonchev–Trinajstić information content (AvgIpc) is 2.60. The Morgan fingerprint density at radius 3 is 2.58 bits per heavy atom. The van der Waals surface area contributed by atoms with E-state index in [9.17, 15) is 14.9 Å². The second kappa shape index (κ2) is 8.89. The summed E-state index contributed by atoms with van der Waals surface area (Å²) in [6.45, 7) is 1.26. The van der Waals surface area contributed by atoms with Gasteiger partial charge in [-0.25, -0.2) is 0 Å². The number of nitro benzene ring substituents is 1. The third-order valence-electron chi connectivity index (χ3n) is 4.05. The molecule has 2 N–H and O–H groups in total. The molecule has 1 fully saturated rings. The maximum atomic E-state index is 12.3. The number of likely N-dealkylation sites (tertiary alicyclic amines) is 1. The molecule has 7 nitrogen and oxygen atoms in total. The van der Waals surface area contributed by atoms with Crippen LogP contribution in [0.1, 0.15) is 19.3 Å². The van der Waals surface area contributed by atoms with Gasteiger partial charge in [-0.15, -0.1) is 0 Å². The van der Waals surface area contributed by atoms with Crippen LogP contribution in [-0.2, 0) is 4.79 Å². The molecule has 1 saturated heterocycles. The lowest BCUT2D eigenvalue weighted by Gasteiger charge is -2.33. The SMILES string of the molecule is CSCC[C@H](N)C(=O)N1CCC(Oc2ccc([N+](=O)[O-])cc2)CC1. The van der Waals surface area contributed by atoms with Crippen LogP contribution >= 0.6 is 11.8 Å². The number of amides is 1. The van der Waals surface area contributed by atoms with Crippen molar-refractivity contribution < 1.29 is 14.5 Å². The van der Waals surface area contributed by atoms with Crippen LogP contribution in [-0.4, -0.2) is 53.0 Å². The number of ether oxygens (including phenoxy) is 1. The summed E-state index contributed by atoms with van der Waals surface area (Å²) in [4.78, 5) is 24.3. The second-order valence-electron chi connectivity index (χ2n) is 5.78. The summed E-state index contributed by atoms with van der Waals surface area (Å²) < 4.78 is 5.85. The first-order valence-corrected chi connectivity index (χ1v) is 9.35. The van der Waals surface area contributed by atoms with Gasteiger partial charge in [-0.3, -0.25) is 14.9 Å². The van der Waals surface area contributed by atoms with Crippen molar-refractivity contribution in [3.05, 3.63) is 34.4 Å². The molecule has 0 unspecified atom stereocenters. The fourth-order valence-electron chi connectivity index (χ4n) is 2.64. The summed E-state index contributed by atoms with van der Waals surface area (Å²) in [5.41, 5.74) is 5.98. The van der Waals surface area contributed by atoms with Crippen LogP contribution in [0.2, 0.25) is 0 Å². The number of nitro groups is 1. The first kappa shape index (κ1) is 18.5. The topological polar surface area (TPSA) is 98.7 Å². The zero-order chi connectivity index (χ0) is 17.5. The van der Waals surface area contributed by atoms with Crippen molar-refractivity contribution >= 4 is 23.4 Å². The smallest absolute Gasteiger partial charge is 0.269 e. The maximum absolute atomic E-state index is 12.3. The predicted octanol–water partition coefficient (Wildman–Crippen LogP) is 2.04. The van der Waals surface area contributed by atoms with E-state index in [1.54, 1.807) is 28.8 Å². The monoisotopic (exact) mass is 353 g/mol. The van der Waals surface area contributed by atoms with Gasteiger partial charge in [0.2, 0.25) is 5.91 Å². The molecule has 0 bridgehead atoms. The Labute approximate surface area is 145 Å². The highest BCUT2D eigenvalue weighted by atomic mass is 32.2. The number of rotatable bonds is 7. The number of thioether (sulfide) groups is 1. The molecule has 8 heteroatoms. The lowest BCUT2D eigenvalue weighted by molar-refractivity contribution is -0.384. The normalized spacial score (nSPS) is 16.7. The van der Waals surface area contributed by atoms with E-state index in [2.05, 4.69) is 0 Å². The number of hydrogen-bond acceptors (Lipinski definition) is 6. The van der Waals surface area contributed by atoms with Crippen molar-refractivity contribution in [1.29, 1.82) is 0 Å². The summed E-state index contributed by atoms with van der Waals surface area (Å²) in [5, 5.41) is 10.6. The van der Waals surface area contributed by atoms with Gasteiger partial charge >= 0.3 is 0 Å². The van der Waals surface area contributed by atoms with Gasteiger partial charge in [-0.1, -0.05) is 0 Å². The van der Waals surface area contributed by atoms with Crippen LogP contribution in [0.4, 0.5) is 5.69 Å². The van der Waals surface area contributed by atoms with Gasteiger partial charge < -0.3 is 15.4 Å².